The number of rotatable bonds is 3. The molecule has 0 unspecified atom stereocenters. The number of nitrogens with two attached hydrogens (primary N) is 1. The molecule has 1 aliphatic carbocycles. The highest BCUT2D eigenvalue weighted by molar-refractivity contribution is 9.10. The molecule has 0 radical (unpaired) electrons. The van der Waals surface area contributed by atoms with Crippen LogP contribution < -0.4 is 11.1 Å². The second kappa shape index (κ2) is 5.69. The van der Waals surface area contributed by atoms with Crippen LogP contribution in [0.15, 0.2) is 28.7 Å². The topological polar surface area (TPSA) is 38.0 Å². The molecule has 0 aromatic heterocycles. The number of hydrogen-bond donors (Lipinski definition) is 2. The van der Waals surface area contributed by atoms with Gasteiger partial charge in [-0.25, -0.2) is 0 Å². The molecule has 1 aromatic carbocycles. The average Bonchev–Trinajstić information content (AvgIpc) is 2.30. The Bertz CT molecular complexity index is 315. The van der Waals surface area contributed by atoms with Crippen LogP contribution in [0.2, 0.25) is 0 Å². The monoisotopic (exact) mass is 282 g/mol. The van der Waals surface area contributed by atoms with Gasteiger partial charge in [-0.1, -0.05) is 15.9 Å². The fourth-order valence-electron chi connectivity index (χ4n) is 2.22. The standard InChI is InChI=1S/C13H19BrN2/c14-11-3-7-13(8-4-11)16-9-10-1-5-12(15)6-2-10/h3-4,7-8,10,12,16H,1-2,5-6,9,15H2/t10-,12-. The summed E-state index contributed by atoms with van der Waals surface area (Å²) < 4.78 is 1.13. The Hall–Kier alpha value is -0.540. The number of halogens is 1. The van der Waals surface area contributed by atoms with Crippen molar-refractivity contribution in [2.24, 2.45) is 11.7 Å². The van der Waals surface area contributed by atoms with Gasteiger partial charge in [-0.2, -0.15) is 0 Å². The predicted molar refractivity (Wildman–Crippen MR) is 72.6 cm³/mol. The molecule has 0 spiro atoms. The Morgan fingerprint density at radius 2 is 1.75 bits per heavy atom. The van der Waals surface area contributed by atoms with Crippen molar-refractivity contribution in [3.63, 3.8) is 0 Å². The van der Waals surface area contributed by atoms with Crippen molar-refractivity contribution < 1.29 is 0 Å². The predicted octanol–water partition coefficient (Wildman–Crippen LogP) is 3.38. The fraction of sp³-hybridized carbons (Fsp3) is 0.538. The first-order chi connectivity index (χ1) is 7.74. The molecule has 1 saturated carbocycles. The van der Waals surface area contributed by atoms with Crippen LogP contribution in [0.5, 0.6) is 0 Å². The van der Waals surface area contributed by atoms with Crippen molar-refractivity contribution >= 4 is 21.6 Å². The Balaban J connectivity index is 1.77. The molecule has 0 amide bonds. The highest BCUT2D eigenvalue weighted by Crippen LogP contribution is 2.23. The second-order valence-electron chi connectivity index (χ2n) is 4.67. The summed E-state index contributed by atoms with van der Waals surface area (Å²) in [6, 6.07) is 8.80. The lowest BCUT2D eigenvalue weighted by molar-refractivity contribution is 0.339. The maximum absolute atomic E-state index is 5.90. The summed E-state index contributed by atoms with van der Waals surface area (Å²) in [5.41, 5.74) is 7.10. The van der Waals surface area contributed by atoms with Crippen molar-refractivity contribution in [1.82, 2.24) is 0 Å². The fourth-order valence-corrected chi connectivity index (χ4v) is 2.49. The molecule has 2 rings (SSSR count). The van der Waals surface area contributed by atoms with Gasteiger partial charge >= 0.3 is 0 Å². The summed E-state index contributed by atoms with van der Waals surface area (Å²) in [7, 11) is 0. The minimum absolute atomic E-state index is 0.448. The van der Waals surface area contributed by atoms with Crippen molar-refractivity contribution in [3.05, 3.63) is 28.7 Å². The van der Waals surface area contributed by atoms with Crippen molar-refractivity contribution in [2.45, 2.75) is 31.7 Å². The van der Waals surface area contributed by atoms with E-state index in [9.17, 15) is 0 Å². The average molecular weight is 283 g/mol. The number of anilines is 1. The van der Waals surface area contributed by atoms with Crippen molar-refractivity contribution in [3.8, 4) is 0 Å². The van der Waals surface area contributed by atoms with Gasteiger partial charge in [0, 0.05) is 22.7 Å². The van der Waals surface area contributed by atoms with E-state index in [2.05, 4.69) is 45.5 Å². The minimum atomic E-state index is 0.448. The van der Waals surface area contributed by atoms with Gasteiger partial charge in [-0.3, -0.25) is 0 Å². The van der Waals surface area contributed by atoms with Crippen LogP contribution in [0, 0.1) is 5.92 Å². The third-order valence-corrected chi connectivity index (χ3v) is 3.86. The zero-order valence-corrected chi connectivity index (χ0v) is 11.0. The van der Waals surface area contributed by atoms with Gasteiger partial charge in [0.15, 0.2) is 0 Å². The quantitative estimate of drug-likeness (QED) is 0.892. The summed E-state index contributed by atoms with van der Waals surface area (Å²) >= 11 is 3.44. The van der Waals surface area contributed by atoms with E-state index in [0.29, 0.717) is 6.04 Å². The van der Waals surface area contributed by atoms with Gasteiger partial charge in [-0.05, 0) is 55.9 Å². The molecule has 0 atom stereocenters. The molecular weight excluding hydrogens is 264 g/mol. The first-order valence-electron chi connectivity index (χ1n) is 5.99. The molecule has 1 fully saturated rings. The molecule has 0 bridgehead atoms. The van der Waals surface area contributed by atoms with Crippen LogP contribution in [0.4, 0.5) is 5.69 Å². The third kappa shape index (κ3) is 3.49. The molecule has 0 aliphatic heterocycles. The molecule has 0 heterocycles. The highest BCUT2D eigenvalue weighted by Gasteiger charge is 2.17. The normalized spacial score (nSPS) is 25.4. The van der Waals surface area contributed by atoms with Crippen LogP contribution in [0.25, 0.3) is 0 Å². The molecular formula is C13H19BrN2. The lowest BCUT2D eigenvalue weighted by Crippen LogP contribution is -2.29. The molecule has 2 nitrogen and oxygen atoms in total. The van der Waals surface area contributed by atoms with Gasteiger partial charge in [0.1, 0.15) is 0 Å². The maximum Gasteiger partial charge on any atom is 0.0341 e. The number of benzene rings is 1. The van der Waals surface area contributed by atoms with Gasteiger partial charge in [0.05, 0.1) is 0 Å². The van der Waals surface area contributed by atoms with E-state index < -0.39 is 0 Å². The highest BCUT2D eigenvalue weighted by atomic mass is 79.9. The van der Waals surface area contributed by atoms with Gasteiger partial charge in [0.25, 0.3) is 0 Å². The number of nitrogens with one attached hydrogen (secondary N) is 1. The summed E-state index contributed by atoms with van der Waals surface area (Å²) in [5, 5.41) is 3.49. The Morgan fingerprint density at radius 3 is 2.38 bits per heavy atom. The lowest BCUT2D eigenvalue weighted by atomic mass is 9.86. The van der Waals surface area contributed by atoms with E-state index in [4.69, 9.17) is 5.73 Å². The molecule has 1 aliphatic rings. The zero-order valence-electron chi connectivity index (χ0n) is 9.45. The summed E-state index contributed by atoms with van der Waals surface area (Å²) in [5.74, 6) is 0.795. The Labute approximate surface area is 106 Å². The van der Waals surface area contributed by atoms with E-state index >= 15 is 0 Å². The van der Waals surface area contributed by atoms with E-state index in [1.807, 2.05) is 0 Å². The maximum atomic E-state index is 5.90. The van der Waals surface area contributed by atoms with Crippen LogP contribution in [0.3, 0.4) is 0 Å². The van der Waals surface area contributed by atoms with Crippen LogP contribution in [-0.4, -0.2) is 12.6 Å². The Kier molecular flexibility index (Phi) is 4.24. The van der Waals surface area contributed by atoms with Crippen molar-refractivity contribution in [2.75, 3.05) is 11.9 Å². The zero-order chi connectivity index (χ0) is 11.4. The molecule has 3 heteroatoms. The first-order valence-corrected chi connectivity index (χ1v) is 6.78. The molecule has 0 saturated heterocycles. The first kappa shape index (κ1) is 11.9. The second-order valence-corrected chi connectivity index (χ2v) is 5.58. The molecule has 3 N–H and O–H groups in total. The van der Waals surface area contributed by atoms with Crippen LogP contribution in [0.1, 0.15) is 25.7 Å². The summed E-state index contributed by atoms with van der Waals surface area (Å²) in [6.45, 7) is 1.08. The van der Waals surface area contributed by atoms with Gasteiger partial charge < -0.3 is 11.1 Å². The lowest BCUT2D eigenvalue weighted by Gasteiger charge is -2.26. The molecule has 16 heavy (non-hydrogen) atoms. The summed E-state index contributed by atoms with van der Waals surface area (Å²) in [4.78, 5) is 0. The van der Waals surface area contributed by atoms with Gasteiger partial charge in [-0.15, -0.1) is 0 Å². The minimum Gasteiger partial charge on any atom is -0.385 e. The van der Waals surface area contributed by atoms with E-state index in [1.54, 1.807) is 0 Å². The van der Waals surface area contributed by atoms with E-state index in [1.165, 1.54) is 31.4 Å². The largest absolute Gasteiger partial charge is 0.385 e. The Morgan fingerprint density at radius 1 is 1.12 bits per heavy atom. The van der Waals surface area contributed by atoms with E-state index in [-0.39, 0.29) is 0 Å². The molecule has 88 valence electrons. The smallest absolute Gasteiger partial charge is 0.0341 e. The van der Waals surface area contributed by atoms with Gasteiger partial charge in [0.2, 0.25) is 0 Å². The van der Waals surface area contributed by atoms with E-state index in [0.717, 1.165) is 16.9 Å². The summed E-state index contributed by atoms with van der Waals surface area (Å²) in [6.07, 6.45) is 4.91. The van der Waals surface area contributed by atoms with Crippen LogP contribution >= 0.6 is 15.9 Å². The van der Waals surface area contributed by atoms with Crippen molar-refractivity contribution in [1.29, 1.82) is 0 Å². The number of hydrogen-bond acceptors (Lipinski definition) is 2. The third-order valence-electron chi connectivity index (χ3n) is 3.33. The van der Waals surface area contributed by atoms with Crippen LogP contribution in [-0.2, 0) is 0 Å². The molecule has 1 aromatic rings. The SMILES string of the molecule is N[C@H]1CC[C@H](CNc2ccc(Br)cc2)CC1.